The molecule has 0 rings (SSSR count). The maximum absolute atomic E-state index is 12.1. The molecule has 0 aromatic carbocycles. The molecule has 0 radical (unpaired) electrons. The normalized spacial score (nSPS) is 11.6. The Morgan fingerprint density at radius 2 is 0.333 bits per heavy atom. The van der Waals surface area contributed by atoms with Crippen LogP contribution in [0.4, 0.5) is 0 Å². The molecule has 2 nitrogen and oxygen atoms in total. The highest BCUT2D eigenvalue weighted by Gasteiger charge is 2.04. The summed E-state index contributed by atoms with van der Waals surface area (Å²) in [7, 11) is 0. The summed E-state index contributed by atoms with van der Waals surface area (Å²) < 4.78 is 5.53. The quantitative estimate of drug-likeness (QED) is 0.0449. The van der Waals surface area contributed by atoms with Gasteiger partial charge in [0.2, 0.25) is 0 Å². The van der Waals surface area contributed by atoms with Crippen LogP contribution in [0.2, 0.25) is 0 Å². The van der Waals surface area contributed by atoms with Crippen LogP contribution in [0.1, 0.15) is 399 Å². The van der Waals surface area contributed by atoms with Gasteiger partial charge in [-0.05, 0) is 12.8 Å². The lowest BCUT2D eigenvalue weighted by Gasteiger charge is -2.06. The van der Waals surface area contributed by atoms with Gasteiger partial charge in [0.25, 0.3) is 0 Å². The van der Waals surface area contributed by atoms with Gasteiger partial charge in [-0.3, -0.25) is 4.79 Å². The molecule has 0 aromatic heterocycles. The fraction of sp³-hybridized carbons (Fsp3) is 0.984. The molecule has 0 atom stereocenters. The zero-order valence-electron chi connectivity index (χ0n) is 46.5. The van der Waals surface area contributed by atoms with Crippen LogP contribution in [0, 0.1) is 0 Å². The molecule has 0 fully saturated rings. The van der Waals surface area contributed by atoms with Crippen LogP contribution in [0.5, 0.6) is 0 Å². The minimum absolute atomic E-state index is 0.0374. The lowest BCUT2D eigenvalue weighted by molar-refractivity contribution is -0.143. The molecule has 66 heavy (non-hydrogen) atoms. The minimum atomic E-state index is 0.0374. The second kappa shape index (κ2) is 62.5. The van der Waals surface area contributed by atoms with Gasteiger partial charge in [0, 0.05) is 6.42 Å². The number of hydrogen-bond donors (Lipinski definition) is 0. The van der Waals surface area contributed by atoms with E-state index >= 15 is 0 Å². The Hall–Kier alpha value is -0.530. The Bertz CT molecular complexity index is 837. The van der Waals surface area contributed by atoms with E-state index in [-0.39, 0.29) is 5.97 Å². The van der Waals surface area contributed by atoms with Crippen LogP contribution >= 0.6 is 0 Å². The van der Waals surface area contributed by atoms with Crippen LogP contribution in [0.15, 0.2) is 0 Å². The number of rotatable bonds is 61. The average Bonchev–Trinajstić information content (AvgIpc) is 3.32. The second-order valence-corrected chi connectivity index (χ2v) is 22.1. The Kier molecular flexibility index (Phi) is 62.0. The minimum Gasteiger partial charge on any atom is -0.466 e. The smallest absolute Gasteiger partial charge is 0.305 e. The molecular formula is C64H128O2. The summed E-state index contributed by atoms with van der Waals surface area (Å²) in [6.07, 6.45) is 84.7. The molecule has 0 N–H and O–H groups in total. The third kappa shape index (κ3) is 61.5. The van der Waals surface area contributed by atoms with Crippen molar-refractivity contribution in [2.24, 2.45) is 0 Å². The Balaban J connectivity index is 3.14. The summed E-state index contributed by atoms with van der Waals surface area (Å²) in [6.45, 7) is 5.25. The van der Waals surface area contributed by atoms with E-state index in [0.717, 1.165) is 12.8 Å². The summed E-state index contributed by atoms with van der Waals surface area (Å²) in [5.74, 6) is 0.0374. The van der Waals surface area contributed by atoms with E-state index in [9.17, 15) is 4.79 Å². The number of carbonyl (C=O) groups is 1. The molecule has 0 aliphatic carbocycles. The summed E-state index contributed by atoms with van der Waals surface area (Å²) in [5, 5.41) is 0. The van der Waals surface area contributed by atoms with Crippen molar-refractivity contribution in [3.63, 3.8) is 0 Å². The van der Waals surface area contributed by atoms with Gasteiger partial charge in [-0.2, -0.15) is 0 Å². The van der Waals surface area contributed by atoms with E-state index in [1.54, 1.807) is 0 Å². The van der Waals surface area contributed by atoms with Crippen molar-refractivity contribution in [1.82, 2.24) is 0 Å². The monoisotopic (exact) mass is 929 g/mol. The van der Waals surface area contributed by atoms with Crippen molar-refractivity contribution >= 4 is 5.97 Å². The SMILES string of the molecule is CCCCCCCCCCCCCCCCCCCCCCCCCCCCCCCCCCC(=O)OCCCCCCCCCCCCCCCCCCCCCCCCCCCCC. The first kappa shape index (κ1) is 65.5. The highest BCUT2D eigenvalue weighted by atomic mass is 16.5. The van der Waals surface area contributed by atoms with Crippen LogP contribution in [0.25, 0.3) is 0 Å². The third-order valence-electron chi connectivity index (χ3n) is 15.2. The lowest BCUT2D eigenvalue weighted by atomic mass is 10.0. The fourth-order valence-corrected chi connectivity index (χ4v) is 10.5. The van der Waals surface area contributed by atoms with Crippen molar-refractivity contribution < 1.29 is 9.53 Å². The standard InChI is InChI=1S/C64H128O2/c1-3-5-7-9-11-13-15-17-19-21-23-25-27-29-31-32-33-34-35-36-38-40-42-44-46-48-50-52-54-56-58-60-62-64(65)66-63-61-59-57-55-53-51-49-47-45-43-41-39-37-30-28-26-24-22-20-18-16-14-12-10-8-6-4-2/h3-63H2,1-2H3. The highest BCUT2D eigenvalue weighted by molar-refractivity contribution is 5.69. The van der Waals surface area contributed by atoms with Gasteiger partial charge < -0.3 is 4.74 Å². The number of esters is 1. The maximum Gasteiger partial charge on any atom is 0.305 e. The molecule has 0 saturated heterocycles. The number of unbranched alkanes of at least 4 members (excludes halogenated alkanes) is 57. The molecule has 0 heterocycles. The predicted molar refractivity (Wildman–Crippen MR) is 299 cm³/mol. The lowest BCUT2D eigenvalue weighted by Crippen LogP contribution is -2.05. The molecule has 0 aromatic rings. The summed E-state index contributed by atoms with van der Waals surface area (Å²) in [4.78, 5) is 12.1. The number of carbonyl (C=O) groups excluding carboxylic acids is 1. The Morgan fingerprint density at radius 3 is 0.500 bits per heavy atom. The second-order valence-electron chi connectivity index (χ2n) is 22.1. The van der Waals surface area contributed by atoms with E-state index in [2.05, 4.69) is 13.8 Å². The van der Waals surface area contributed by atoms with E-state index in [4.69, 9.17) is 4.74 Å². The molecule has 0 spiro atoms. The Morgan fingerprint density at radius 1 is 0.197 bits per heavy atom. The first-order chi connectivity index (χ1) is 32.8. The number of ether oxygens (including phenoxy) is 1. The predicted octanol–water partition coefficient (Wildman–Crippen LogP) is 24.0. The van der Waals surface area contributed by atoms with Crippen LogP contribution in [0.3, 0.4) is 0 Å². The Labute approximate surface area is 419 Å². The molecule has 0 amide bonds. The first-order valence-electron chi connectivity index (χ1n) is 32.0. The van der Waals surface area contributed by atoms with Gasteiger partial charge in [0.1, 0.15) is 0 Å². The molecular weight excluding hydrogens is 801 g/mol. The topological polar surface area (TPSA) is 26.3 Å². The molecule has 0 bridgehead atoms. The zero-order valence-corrected chi connectivity index (χ0v) is 46.5. The van der Waals surface area contributed by atoms with Gasteiger partial charge in [-0.1, -0.05) is 380 Å². The van der Waals surface area contributed by atoms with Crippen molar-refractivity contribution in [1.29, 1.82) is 0 Å². The van der Waals surface area contributed by atoms with Crippen LogP contribution in [-0.2, 0) is 9.53 Å². The van der Waals surface area contributed by atoms with Gasteiger partial charge in [0.15, 0.2) is 0 Å². The number of hydrogen-bond acceptors (Lipinski definition) is 2. The third-order valence-corrected chi connectivity index (χ3v) is 15.2. The summed E-state index contributed by atoms with van der Waals surface area (Å²) in [6, 6.07) is 0. The molecule has 2 heteroatoms. The largest absolute Gasteiger partial charge is 0.466 e. The molecule has 0 unspecified atom stereocenters. The van der Waals surface area contributed by atoms with Crippen molar-refractivity contribution in [2.75, 3.05) is 6.61 Å². The molecule has 0 aliphatic rings. The van der Waals surface area contributed by atoms with E-state index in [0.29, 0.717) is 13.0 Å². The molecule has 0 aliphatic heterocycles. The van der Waals surface area contributed by atoms with Crippen molar-refractivity contribution in [3.8, 4) is 0 Å². The van der Waals surface area contributed by atoms with Crippen molar-refractivity contribution in [3.05, 3.63) is 0 Å². The first-order valence-corrected chi connectivity index (χ1v) is 32.0. The van der Waals surface area contributed by atoms with E-state index < -0.39 is 0 Å². The van der Waals surface area contributed by atoms with Gasteiger partial charge >= 0.3 is 5.97 Å². The zero-order chi connectivity index (χ0) is 47.4. The van der Waals surface area contributed by atoms with Gasteiger partial charge in [0.05, 0.1) is 6.61 Å². The fourth-order valence-electron chi connectivity index (χ4n) is 10.5. The van der Waals surface area contributed by atoms with E-state index in [1.165, 1.54) is 366 Å². The van der Waals surface area contributed by atoms with Gasteiger partial charge in [-0.15, -0.1) is 0 Å². The summed E-state index contributed by atoms with van der Waals surface area (Å²) in [5.41, 5.74) is 0. The maximum atomic E-state index is 12.1. The highest BCUT2D eigenvalue weighted by Crippen LogP contribution is 2.19. The van der Waals surface area contributed by atoms with Gasteiger partial charge in [-0.25, -0.2) is 0 Å². The summed E-state index contributed by atoms with van der Waals surface area (Å²) >= 11 is 0. The van der Waals surface area contributed by atoms with Crippen LogP contribution < -0.4 is 0 Å². The van der Waals surface area contributed by atoms with Crippen molar-refractivity contribution in [2.45, 2.75) is 399 Å². The average molecular weight is 930 g/mol. The van der Waals surface area contributed by atoms with E-state index in [1.807, 2.05) is 0 Å². The molecule has 396 valence electrons. The van der Waals surface area contributed by atoms with Crippen LogP contribution in [-0.4, -0.2) is 12.6 Å². The molecule has 0 saturated carbocycles.